The Morgan fingerprint density at radius 1 is 0.366 bits per heavy atom. The molecule has 0 atom stereocenters. The zero-order valence-corrected chi connectivity index (χ0v) is 42.8. The van der Waals surface area contributed by atoms with Crippen LogP contribution in [0, 0.1) is 0 Å². The summed E-state index contributed by atoms with van der Waals surface area (Å²) < 4.78 is 7.22. The Hall–Kier alpha value is -7.42. The molecule has 1 aromatic heterocycles. The van der Waals surface area contributed by atoms with E-state index in [1.165, 1.54) is 99.8 Å². The normalized spacial score (nSPS) is 15.5. The summed E-state index contributed by atoms with van der Waals surface area (Å²) in [5, 5.41) is 2.41. The van der Waals surface area contributed by atoms with E-state index in [2.05, 4.69) is 262 Å². The number of benzene rings is 9. The maximum atomic E-state index is 7.22. The van der Waals surface area contributed by atoms with Crippen molar-refractivity contribution in [3.63, 3.8) is 0 Å². The van der Waals surface area contributed by atoms with E-state index < -0.39 is 5.41 Å². The van der Waals surface area contributed by atoms with Crippen molar-refractivity contribution in [2.75, 3.05) is 4.90 Å². The summed E-state index contributed by atoms with van der Waals surface area (Å²) in [6, 6.07) is 71.4. The van der Waals surface area contributed by atoms with Crippen molar-refractivity contribution in [2.24, 2.45) is 0 Å². The quantitative estimate of drug-likeness (QED) is 0.171. The molecule has 10 aromatic rings. The number of fused-ring (bicyclic) bond motifs is 13. The van der Waals surface area contributed by atoms with Gasteiger partial charge >= 0.3 is 0 Å². The number of hydrogen-bond donors (Lipinski definition) is 0. The molecule has 0 saturated carbocycles. The first-order valence-corrected chi connectivity index (χ1v) is 25.6. The van der Waals surface area contributed by atoms with Gasteiger partial charge in [-0.2, -0.15) is 0 Å². The van der Waals surface area contributed by atoms with Crippen LogP contribution in [0.1, 0.15) is 125 Å². The van der Waals surface area contributed by atoms with Gasteiger partial charge in [-0.05, 0) is 137 Å². The molecule has 2 nitrogen and oxygen atoms in total. The van der Waals surface area contributed by atoms with E-state index in [1.54, 1.807) is 0 Å². The first-order valence-electron chi connectivity index (χ1n) is 25.6. The summed E-state index contributed by atoms with van der Waals surface area (Å²) in [4.78, 5) is 2.49. The second-order valence-corrected chi connectivity index (χ2v) is 23.7. The van der Waals surface area contributed by atoms with Crippen molar-refractivity contribution in [2.45, 2.75) is 96.3 Å². The number of nitrogens with zero attached hydrogens (tertiary/aromatic N) is 1. The molecule has 71 heavy (non-hydrogen) atoms. The van der Waals surface area contributed by atoms with Crippen LogP contribution >= 0.6 is 0 Å². The summed E-state index contributed by atoms with van der Waals surface area (Å²) in [6.07, 6.45) is 0. The molecule has 13 rings (SSSR count). The molecule has 2 heteroatoms. The molecule has 1 heterocycles. The van der Waals surface area contributed by atoms with Crippen molar-refractivity contribution < 1.29 is 4.42 Å². The van der Waals surface area contributed by atoms with Gasteiger partial charge in [-0.25, -0.2) is 0 Å². The summed E-state index contributed by atoms with van der Waals surface area (Å²) in [7, 11) is 0. The molecule has 3 aliphatic rings. The Bertz CT molecular complexity index is 3780. The standard InChI is InChI=1S/C69H61NO/c1-65(2,3)44-38-55-54-37-36-53-52-35-33-47(41-60(52)68(9,10)62(53)64(54)71-63(55)61(39-44)66(4,5)6)70(46-32-34-51-48-22-14-17-25-56(48)67(7,8)59(51)40-46)45-30-28-43(29-31-45)69(42-20-12-11-13-21-42)57-26-18-15-23-49(57)50-24-16-19-27-58(50)69/h11-41H,1-10H3. The predicted octanol–water partition coefficient (Wildman–Crippen LogP) is 18.6. The van der Waals surface area contributed by atoms with E-state index in [1.807, 2.05) is 0 Å². The van der Waals surface area contributed by atoms with Gasteiger partial charge in [0.15, 0.2) is 0 Å². The highest BCUT2D eigenvalue weighted by atomic mass is 16.3. The van der Waals surface area contributed by atoms with Crippen molar-refractivity contribution in [3.8, 4) is 33.4 Å². The molecular formula is C69H61NO. The SMILES string of the molecule is CC(C)(C)c1cc(C(C)(C)C)c2oc3c4c(ccc3c2c1)-c1ccc(N(c2ccc(C3(c5ccccc5)c5ccccc5-c5ccccc53)cc2)c2ccc3c(c2)C(C)(C)c2ccccc2-3)cc1C4(C)C. The number of anilines is 3. The van der Waals surface area contributed by atoms with Crippen LogP contribution in [0.25, 0.3) is 55.3 Å². The Balaban J connectivity index is 0.996. The van der Waals surface area contributed by atoms with E-state index >= 15 is 0 Å². The molecule has 0 saturated heterocycles. The largest absolute Gasteiger partial charge is 0.455 e. The van der Waals surface area contributed by atoms with Crippen LogP contribution in [-0.4, -0.2) is 0 Å². The smallest absolute Gasteiger partial charge is 0.140 e. The van der Waals surface area contributed by atoms with Gasteiger partial charge in [0.25, 0.3) is 0 Å². The lowest BCUT2D eigenvalue weighted by Crippen LogP contribution is -2.28. The van der Waals surface area contributed by atoms with Crippen LogP contribution in [0.5, 0.6) is 0 Å². The highest BCUT2D eigenvalue weighted by molar-refractivity contribution is 6.10. The average Bonchev–Trinajstić information content (AvgIpc) is 4.03. The molecule has 0 fully saturated rings. The molecule has 0 amide bonds. The second-order valence-electron chi connectivity index (χ2n) is 23.7. The van der Waals surface area contributed by atoms with E-state index in [0.717, 1.165) is 28.2 Å². The zero-order chi connectivity index (χ0) is 49.0. The average molecular weight is 920 g/mol. The van der Waals surface area contributed by atoms with E-state index in [-0.39, 0.29) is 21.7 Å². The minimum absolute atomic E-state index is 0.00183. The number of furan rings is 1. The first kappa shape index (κ1) is 43.6. The predicted molar refractivity (Wildman–Crippen MR) is 298 cm³/mol. The van der Waals surface area contributed by atoms with Gasteiger partial charge in [-0.15, -0.1) is 0 Å². The molecule has 0 N–H and O–H groups in total. The summed E-state index contributed by atoms with van der Waals surface area (Å²) >= 11 is 0. The molecule has 0 aliphatic heterocycles. The fourth-order valence-corrected chi connectivity index (χ4v) is 13.2. The van der Waals surface area contributed by atoms with Crippen molar-refractivity contribution in [1.82, 2.24) is 0 Å². The molecule has 0 spiro atoms. The molecule has 0 unspecified atom stereocenters. The lowest BCUT2D eigenvalue weighted by Gasteiger charge is -2.34. The molecule has 0 bridgehead atoms. The highest BCUT2D eigenvalue weighted by Crippen LogP contribution is 2.58. The monoisotopic (exact) mass is 919 g/mol. The highest BCUT2D eigenvalue weighted by Gasteiger charge is 2.46. The van der Waals surface area contributed by atoms with Crippen LogP contribution in [0.2, 0.25) is 0 Å². The lowest BCUT2D eigenvalue weighted by atomic mass is 9.68. The Morgan fingerprint density at radius 2 is 0.845 bits per heavy atom. The van der Waals surface area contributed by atoms with E-state index in [4.69, 9.17) is 4.42 Å². The summed E-state index contributed by atoms with van der Waals surface area (Å²) in [6.45, 7) is 23.4. The minimum atomic E-state index is -0.478. The fourth-order valence-electron chi connectivity index (χ4n) is 13.2. The van der Waals surface area contributed by atoms with Gasteiger partial charge in [-0.3, -0.25) is 0 Å². The Morgan fingerprint density at radius 3 is 1.44 bits per heavy atom. The van der Waals surface area contributed by atoms with Gasteiger partial charge in [0.1, 0.15) is 11.2 Å². The first-order chi connectivity index (χ1) is 34.0. The van der Waals surface area contributed by atoms with Crippen molar-refractivity contribution in [3.05, 3.63) is 244 Å². The summed E-state index contributed by atoms with van der Waals surface area (Å²) in [5.74, 6) is 0. The van der Waals surface area contributed by atoms with E-state index in [9.17, 15) is 0 Å². The lowest BCUT2D eigenvalue weighted by molar-refractivity contribution is 0.556. The molecule has 9 aromatic carbocycles. The van der Waals surface area contributed by atoms with Crippen molar-refractivity contribution in [1.29, 1.82) is 0 Å². The van der Waals surface area contributed by atoms with Crippen LogP contribution in [0.3, 0.4) is 0 Å². The third-order valence-corrected chi connectivity index (χ3v) is 16.8. The van der Waals surface area contributed by atoms with Crippen LogP contribution < -0.4 is 4.90 Å². The van der Waals surface area contributed by atoms with Crippen LogP contribution in [0.15, 0.2) is 192 Å². The summed E-state index contributed by atoms with van der Waals surface area (Å²) in [5.41, 5.74) is 25.2. The van der Waals surface area contributed by atoms with Gasteiger partial charge in [0, 0.05) is 49.8 Å². The molecule has 0 radical (unpaired) electrons. The third kappa shape index (κ3) is 6.07. The van der Waals surface area contributed by atoms with Crippen LogP contribution in [-0.2, 0) is 27.1 Å². The van der Waals surface area contributed by atoms with Gasteiger partial charge in [0.2, 0.25) is 0 Å². The molecule has 348 valence electrons. The minimum Gasteiger partial charge on any atom is -0.455 e. The second kappa shape index (κ2) is 14.8. The topological polar surface area (TPSA) is 16.4 Å². The van der Waals surface area contributed by atoms with Crippen LogP contribution in [0.4, 0.5) is 17.1 Å². The third-order valence-electron chi connectivity index (χ3n) is 16.8. The molecular weight excluding hydrogens is 859 g/mol. The maximum Gasteiger partial charge on any atom is 0.140 e. The molecule has 3 aliphatic carbocycles. The zero-order valence-electron chi connectivity index (χ0n) is 42.8. The van der Waals surface area contributed by atoms with Gasteiger partial charge < -0.3 is 9.32 Å². The Labute approximate surface area is 419 Å². The Kier molecular flexibility index (Phi) is 9.09. The van der Waals surface area contributed by atoms with Gasteiger partial charge in [0.05, 0.1) is 5.41 Å². The fraction of sp³-hybridized carbons (Fsp3) is 0.217. The van der Waals surface area contributed by atoms with Crippen molar-refractivity contribution >= 4 is 39.0 Å². The van der Waals surface area contributed by atoms with Gasteiger partial charge in [-0.1, -0.05) is 209 Å². The number of hydrogen-bond acceptors (Lipinski definition) is 2. The maximum absolute atomic E-state index is 7.22. The van der Waals surface area contributed by atoms with E-state index in [0.29, 0.717) is 0 Å². The number of rotatable bonds is 5.